The van der Waals surface area contributed by atoms with Gasteiger partial charge in [0.05, 0.1) is 13.2 Å². The minimum absolute atomic E-state index is 0.0883. The van der Waals surface area contributed by atoms with Gasteiger partial charge < -0.3 is 4.74 Å². The lowest BCUT2D eigenvalue weighted by molar-refractivity contribution is -0.415. The largest absolute Gasteiger partial charge is 0.461 e. The molecule has 192 valence electrons. The van der Waals surface area contributed by atoms with Crippen molar-refractivity contribution < 1.29 is 31.3 Å². The predicted octanol–water partition coefficient (Wildman–Crippen LogP) is 5.05. The molecule has 0 saturated heterocycles. The molecule has 0 radical (unpaired) electrons. The van der Waals surface area contributed by atoms with Crippen LogP contribution in [-0.2, 0) is 24.1 Å². The van der Waals surface area contributed by atoms with Crippen LogP contribution in [0.15, 0.2) is 42.7 Å². The third-order valence-electron chi connectivity index (χ3n) is 5.32. The number of quaternary nitrogens is 1. The normalized spacial score (nSPS) is 17.1. The summed E-state index contributed by atoms with van der Waals surface area (Å²) in [6.45, 7) is 5.17. The summed E-state index contributed by atoms with van der Waals surface area (Å²) in [7, 11) is -2.26. The number of unbranched alkanes of at least 4 members (excludes halogenated alkanes) is 7. The van der Waals surface area contributed by atoms with E-state index < -0.39 is 10.4 Å². The van der Waals surface area contributed by atoms with Crippen molar-refractivity contribution in [3.05, 3.63) is 42.7 Å². The lowest BCUT2D eigenvalue weighted by Gasteiger charge is -2.22. The maximum Gasteiger partial charge on any atom is 0.397 e. The molecule has 0 spiro atoms. The molecule has 1 N–H and O–H groups in total. The number of hydrogen-bond acceptors (Lipinski definition) is 5. The lowest BCUT2D eigenvalue weighted by atomic mass is 10.1. The van der Waals surface area contributed by atoms with E-state index in [9.17, 15) is 13.2 Å². The van der Waals surface area contributed by atoms with Gasteiger partial charge in [-0.25, -0.2) is 8.98 Å². The zero-order valence-corrected chi connectivity index (χ0v) is 21.7. The maximum atomic E-state index is 12.1. The number of hydrogen-bond donors (Lipinski definition) is 1. The number of ether oxygens (including phenoxy) is 1. The second-order valence-corrected chi connectivity index (χ2v) is 9.54. The Morgan fingerprint density at radius 1 is 0.941 bits per heavy atom. The molecule has 0 aromatic heterocycles. The highest BCUT2D eigenvalue weighted by atomic mass is 32.3. The summed E-state index contributed by atoms with van der Waals surface area (Å²) in [5.41, 5.74) is 1.06. The molecule has 1 aliphatic rings. The monoisotopic (exact) mass is 498 g/mol. The van der Waals surface area contributed by atoms with Crippen molar-refractivity contribution in [2.45, 2.75) is 71.6 Å². The van der Waals surface area contributed by atoms with Crippen molar-refractivity contribution in [3.8, 4) is 0 Å². The topological polar surface area (TPSA) is 92.9 Å². The van der Waals surface area contributed by atoms with Crippen molar-refractivity contribution in [2.75, 3.05) is 26.8 Å². The van der Waals surface area contributed by atoms with Crippen LogP contribution >= 0.6 is 0 Å². The first-order valence-electron chi connectivity index (χ1n) is 12.2. The summed E-state index contributed by atoms with van der Waals surface area (Å²) in [6, 6.07) is 10.0. The highest BCUT2D eigenvalue weighted by Gasteiger charge is 2.38. The highest BCUT2D eigenvalue weighted by Crippen LogP contribution is 2.24. The summed E-state index contributed by atoms with van der Waals surface area (Å²) < 4.78 is 40.3. The third kappa shape index (κ3) is 13.0. The molecule has 1 aliphatic heterocycles. The van der Waals surface area contributed by atoms with E-state index in [1.165, 1.54) is 19.3 Å². The van der Waals surface area contributed by atoms with Crippen LogP contribution in [-0.4, -0.2) is 56.7 Å². The molecule has 0 unspecified atom stereocenters. The molecule has 0 aliphatic carbocycles. The van der Waals surface area contributed by atoms with E-state index in [1.54, 1.807) is 0 Å². The lowest BCUT2D eigenvalue weighted by Crippen LogP contribution is -2.46. The first-order chi connectivity index (χ1) is 16.2. The Labute approximate surface area is 205 Å². The van der Waals surface area contributed by atoms with E-state index in [-0.39, 0.29) is 19.1 Å². The van der Waals surface area contributed by atoms with Crippen LogP contribution in [0.2, 0.25) is 0 Å². The molecule has 1 aromatic rings. The fourth-order valence-electron chi connectivity index (χ4n) is 3.51. The van der Waals surface area contributed by atoms with Gasteiger partial charge in [0.15, 0.2) is 12.7 Å². The molecule has 9 heteroatoms. The Morgan fingerprint density at radius 2 is 1.53 bits per heavy atom. The maximum absolute atomic E-state index is 12.1. The number of benzene rings is 1. The fourth-order valence-corrected chi connectivity index (χ4v) is 3.84. The zero-order chi connectivity index (χ0) is 25.3. The molecule has 0 fully saturated rings. The van der Waals surface area contributed by atoms with Crippen LogP contribution in [0.5, 0.6) is 0 Å². The molecular formula is C25H42N2O6S+2. The summed E-state index contributed by atoms with van der Waals surface area (Å²) in [5.74, 6) is -0.161. The molecule has 34 heavy (non-hydrogen) atoms. The number of nitrogens with zero attached hydrogens (tertiary/aromatic N) is 2. The smallest absolute Gasteiger partial charge is 0.397 e. The van der Waals surface area contributed by atoms with Gasteiger partial charge in [-0.1, -0.05) is 77.0 Å². The summed E-state index contributed by atoms with van der Waals surface area (Å²) >= 11 is 0. The second kappa shape index (κ2) is 16.5. The number of esters is 1. The van der Waals surface area contributed by atoms with Gasteiger partial charge in [-0.15, -0.1) is 0 Å². The Bertz CT molecular complexity index is 871. The van der Waals surface area contributed by atoms with Crippen LogP contribution in [0.1, 0.15) is 71.6 Å². The zero-order valence-electron chi connectivity index (χ0n) is 20.9. The number of carbonyl (C=O) groups is 1. The number of carbonyl (C=O) groups excluding carboxylic acids is 1. The first kappa shape index (κ1) is 30.0. The summed E-state index contributed by atoms with van der Waals surface area (Å²) in [4.78, 5) is 12.1. The molecule has 0 saturated carbocycles. The molecule has 0 bridgehead atoms. The number of para-hydroxylation sites is 1. The van der Waals surface area contributed by atoms with Crippen LogP contribution in [0.4, 0.5) is 5.69 Å². The van der Waals surface area contributed by atoms with Crippen LogP contribution < -0.4 is 4.48 Å². The Kier molecular flexibility index (Phi) is 14.6. The predicted molar refractivity (Wildman–Crippen MR) is 136 cm³/mol. The van der Waals surface area contributed by atoms with Gasteiger partial charge in [-0.05, 0) is 12.8 Å². The Morgan fingerprint density at radius 3 is 2.12 bits per heavy atom. The van der Waals surface area contributed by atoms with Crippen LogP contribution in [0.3, 0.4) is 0 Å². The van der Waals surface area contributed by atoms with Gasteiger partial charge in [0.1, 0.15) is 12.7 Å². The quantitative estimate of drug-likeness (QED) is 0.120. The fraction of sp³-hybridized carbons (Fsp3) is 0.600. The van der Waals surface area contributed by atoms with E-state index in [2.05, 4.69) is 18.0 Å². The van der Waals surface area contributed by atoms with Crippen molar-refractivity contribution in [1.82, 2.24) is 4.48 Å². The molecule has 2 rings (SSSR count). The van der Waals surface area contributed by atoms with Crippen LogP contribution in [0.25, 0.3) is 0 Å². The van der Waals surface area contributed by atoms with Gasteiger partial charge in [-0.2, -0.15) is 17.5 Å². The van der Waals surface area contributed by atoms with E-state index in [4.69, 9.17) is 9.29 Å². The van der Waals surface area contributed by atoms with E-state index in [1.807, 2.05) is 60.7 Å². The van der Waals surface area contributed by atoms with Crippen molar-refractivity contribution in [1.29, 1.82) is 0 Å². The Balaban J connectivity index is 0.000000385. The van der Waals surface area contributed by atoms with Gasteiger partial charge in [0.25, 0.3) is 0 Å². The minimum atomic E-state index is -4.22. The van der Waals surface area contributed by atoms with E-state index in [0.717, 1.165) is 37.8 Å². The highest BCUT2D eigenvalue weighted by molar-refractivity contribution is 7.80. The molecular weight excluding hydrogens is 456 g/mol. The summed E-state index contributed by atoms with van der Waals surface area (Å²) in [6.07, 6.45) is 15.5. The average molecular weight is 499 g/mol. The second-order valence-electron chi connectivity index (χ2n) is 8.45. The molecule has 8 nitrogen and oxygen atoms in total. The van der Waals surface area contributed by atoms with Gasteiger partial charge in [0.2, 0.25) is 6.20 Å². The average Bonchev–Trinajstić information content (AvgIpc) is 3.18. The van der Waals surface area contributed by atoms with Gasteiger partial charge >= 0.3 is 22.7 Å². The standard InChI is InChI=1S/C17H24N2O2.C8H18O4S/c1-3-4-8-13-21-17(20)14-19(12-11-18(2)15-19)16-9-6-5-7-10-16;1-2-3-4-5-6-7-8-12-13(9,10)11/h5-7,9-12,15H,3-4,8,13-14H2,1-2H3;2-8H2,1H3,(H,9,10,11)/q+2;/t19-;/m1./s1. The van der Waals surface area contributed by atoms with Gasteiger partial charge in [-0.3, -0.25) is 4.55 Å². The SMILES string of the molecule is CCCCCCCCOS(=O)(=O)O.CCCCCOC(=O)C[N@+]1(c2ccccc2)C=C[N+](C)=C1. The van der Waals surface area contributed by atoms with Gasteiger partial charge in [0, 0.05) is 12.1 Å². The number of rotatable bonds is 15. The van der Waals surface area contributed by atoms with E-state index >= 15 is 0 Å². The minimum Gasteiger partial charge on any atom is -0.461 e. The molecule has 1 atom stereocenters. The molecule has 1 aromatic carbocycles. The van der Waals surface area contributed by atoms with E-state index in [0.29, 0.717) is 17.5 Å². The Hall–Kier alpha value is -2.07. The first-order valence-corrected chi connectivity index (χ1v) is 13.6. The molecule has 1 heterocycles. The van der Waals surface area contributed by atoms with Crippen molar-refractivity contribution in [2.24, 2.45) is 0 Å². The van der Waals surface area contributed by atoms with Crippen LogP contribution in [0, 0.1) is 0 Å². The molecule has 0 amide bonds. The van der Waals surface area contributed by atoms with Crippen molar-refractivity contribution >= 4 is 28.4 Å². The summed E-state index contributed by atoms with van der Waals surface area (Å²) in [5, 5.41) is 0. The van der Waals surface area contributed by atoms with Crippen molar-refractivity contribution in [3.63, 3.8) is 0 Å². The third-order valence-corrected chi connectivity index (χ3v) is 5.79.